The number of hydrogen-bond acceptors (Lipinski definition) is 3. The summed E-state index contributed by atoms with van der Waals surface area (Å²) in [4.78, 5) is 12.3. The Labute approximate surface area is 188 Å². The van der Waals surface area contributed by atoms with E-state index in [-0.39, 0.29) is 17.5 Å². The number of halogens is 3. The number of nitriles is 1. The molecule has 3 rings (SSSR count). The van der Waals surface area contributed by atoms with Gasteiger partial charge in [0, 0.05) is 6.04 Å². The van der Waals surface area contributed by atoms with Crippen molar-refractivity contribution in [2.45, 2.75) is 38.3 Å². The summed E-state index contributed by atoms with van der Waals surface area (Å²) in [5.74, 6) is 0.317. The Balaban J connectivity index is 1.67. The van der Waals surface area contributed by atoms with Crippen LogP contribution in [0.1, 0.15) is 36.8 Å². The van der Waals surface area contributed by atoms with Gasteiger partial charge >= 0.3 is 0 Å². The van der Waals surface area contributed by atoms with Crippen molar-refractivity contribution in [3.05, 3.63) is 67.6 Å². The van der Waals surface area contributed by atoms with Gasteiger partial charge in [0.25, 0.3) is 5.91 Å². The fourth-order valence-corrected chi connectivity index (χ4v) is 3.99. The summed E-state index contributed by atoms with van der Waals surface area (Å²) in [6, 6.07) is 12.9. The molecule has 0 atom stereocenters. The SMILES string of the molecule is N#C/C(=C/c1ccc(OCc2ccc(Cl)c(Cl)c2)c(Br)c1)C(=O)NC1CCCC1. The van der Waals surface area contributed by atoms with Gasteiger partial charge in [-0.15, -0.1) is 0 Å². The molecule has 1 N–H and O–H groups in total. The maximum Gasteiger partial charge on any atom is 0.262 e. The average Bonchev–Trinajstić information content (AvgIpc) is 3.21. The number of amides is 1. The molecule has 4 nitrogen and oxygen atoms in total. The van der Waals surface area contributed by atoms with Crippen LogP contribution in [0.4, 0.5) is 0 Å². The lowest BCUT2D eigenvalue weighted by atomic mass is 10.1. The Hall–Kier alpha value is -2.00. The number of carbonyl (C=O) groups excluding carboxylic acids is 1. The summed E-state index contributed by atoms with van der Waals surface area (Å²) < 4.78 is 6.55. The molecule has 1 saturated carbocycles. The van der Waals surface area contributed by atoms with Crippen LogP contribution in [0.2, 0.25) is 10.0 Å². The van der Waals surface area contributed by atoms with Gasteiger partial charge in [-0.1, -0.05) is 48.2 Å². The molecule has 7 heteroatoms. The number of benzene rings is 2. The van der Waals surface area contributed by atoms with Crippen molar-refractivity contribution in [3.8, 4) is 11.8 Å². The number of carbonyl (C=O) groups is 1. The van der Waals surface area contributed by atoms with E-state index in [2.05, 4.69) is 21.2 Å². The number of nitrogens with zero attached hydrogens (tertiary/aromatic N) is 1. The monoisotopic (exact) mass is 492 g/mol. The van der Waals surface area contributed by atoms with Crippen molar-refractivity contribution < 1.29 is 9.53 Å². The second-order valence-corrected chi connectivity index (χ2v) is 8.52. The summed E-state index contributed by atoms with van der Waals surface area (Å²) in [7, 11) is 0. The Morgan fingerprint density at radius 1 is 1.21 bits per heavy atom. The highest BCUT2D eigenvalue weighted by Crippen LogP contribution is 2.29. The van der Waals surface area contributed by atoms with Crippen LogP contribution in [0.25, 0.3) is 6.08 Å². The van der Waals surface area contributed by atoms with Gasteiger partial charge in [0.15, 0.2) is 0 Å². The standard InChI is InChI=1S/C22H19BrCl2N2O2/c23-18-10-14(9-16(12-26)22(28)27-17-3-1-2-4-17)6-8-21(18)29-13-15-5-7-19(24)20(25)11-15/h5-11,17H,1-4,13H2,(H,27,28)/b16-9-. The topological polar surface area (TPSA) is 62.1 Å². The maximum absolute atomic E-state index is 12.3. The van der Waals surface area contributed by atoms with E-state index < -0.39 is 0 Å². The normalized spacial score (nSPS) is 14.5. The molecule has 0 saturated heterocycles. The maximum atomic E-state index is 12.3. The van der Waals surface area contributed by atoms with Crippen LogP contribution in [0.5, 0.6) is 5.75 Å². The zero-order valence-electron chi connectivity index (χ0n) is 15.6. The zero-order valence-corrected chi connectivity index (χ0v) is 18.6. The van der Waals surface area contributed by atoms with Crippen LogP contribution < -0.4 is 10.1 Å². The van der Waals surface area contributed by atoms with E-state index in [0.29, 0.717) is 22.4 Å². The van der Waals surface area contributed by atoms with Gasteiger partial charge in [-0.3, -0.25) is 4.79 Å². The molecule has 150 valence electrons. The van der Waals surface area contributed by atoms with E-state index in [9.17, 15) is 10.1 Å². The van der Waals surface area contributed by atoms with E-state index in [1.165, 1.54) is 0 Å². The molecular weight excluding hydrogens is 475 g/mol. The molecule has 0 aliphatic heterocycles. The number of hydrogen-bond donors (Lipinski definition) is 1. The minimum Gasteiger partial charge on any atom is -0.488 e. The Morgan fingerprint density at radius 2 is 1.97 bits per heavy atom. The zero-order chi connectivity index (χ0) is 20.8. The highest BCUT2D eigenvalue weighted by molar-refractivity contribution is 9.10. The van der Waals surface area contributed by atoms with Crippen LogP contribution >= 0.6 is 39.1 Å². The predicted molar refractivity (Wildman–Crippen MR) is 119 cm³/mol. The Bertz CT molecular complexity index is 979. The van der Waals surface area contributed by atoms with Gasteiger partial charge in [-0.05, 0) is 70.2 Å². The summed E-state index contributed by atoms with van der Waals surface area (Å²) >= 11 is 15.4. The van der Waals surface area contributed by atoms with Crippen molar-refractivity contribution in [1.82, 2.24) is 5.32 Å². The summed E-state index contributed by atoms with van der Waals surface area (Å²) in [5.41, 5.74) is 1.72. The van der Waals surface area contributed by atoms with Crippen molar-refractivity contribution in [1.29, 1.82) is 5.26 Å². The van der Waals surface area contributed by atoms with Crippen molar-refractivity contribution >= 4 is 51.1 Å². The Morgan fingerprint density at radius 3 is 2.62 bits per heavy atom. The molecule has 29 heavy (non-hydrogen) atoms. The highest BCUT2D eigenvalue weighted by atomic mass is 79.9. The van der Waals surface area contributed by atoms with E-state index in [1.807, 2.05) is 18.2 Å². The van der Waals surface area contributed by atoms with Gasteiger partial charge in [0.1, 0.15) is 24.0 Å². The first kappa shape index (κ1) is 21.7. The lowest BCUT2D eigenvalue weighted by molar-refractivity contribution is -0.117. The van der Waals surface area contributed by atoms with E-state index in [1.54, 1.807) is 30.3 Å². The van der Waals surface area contributed by atoms with Crippen molar-refractivity contribution in [2.24, 2.45) is 0 Å². The van der Waals surface area contributed by atoms with Crippen LogP contribution in [0.3, 0.4) is 0 Å². The first-order valence-corrected chi connectivity index (χ1v) is 10.8. The second-order valence-electron chi connectivity index (χ2n) is 6.85. The summed E-state index contributed by atoms with van der Waals surface area (Å²) in [6.45, 7) is 0.331. The number of nitrogens with one attached hydrogen (secondary N) is 1. The van der Waals surface area contributed by atoms with Gasteiger partial charge in [-0.25, -0.2) is 0 Å². The second kappa shape index (κ2) is 10.2. The summed E-state index contributed by atoms with van der Waals surface area (Å²) in [6.07, 6.45) is 5.76. The number of ether oxygens (including phenoxy) is 1. The minimum atomic E-state index is -0.324. The van der Waals surface area contributed by atoms with Crippen molar-refractivity contribution in [3.63, 3.8) is 0 Å². The predicted octanol–water partition coefficient (Wildman–Crippen LogP) is 6.30. The van der Waals surface area contributed by atoms with Crippen LogP contribution in [-0.4, -0.2) is 11.9 Å². The van der Waals surface area contributed by atoms with Gasteiger partial charge in [0.05, 0.1) is 14.5 Å². The van der Waals surface area contributed by atoms with Crippen molar-refractivity contribution in [2.75, 3.05) is 0 Å². The first-order valence-electron chi connectivity index (χ1n) is 9.25. The van der Waals surface area contributed by atoms with Crippen LogP contribution in [0, 0.1) is 11.3 Å². The molecule has 1 amide bonds. The highest BCUT2D eigenvalue weighted by Gasteiger charge is 2.19. The van der Waals surface area contributed by atoms with Gasteiger partial charge in [0.2, 0.25) is 0 Å². The average molecular weight is 494 g/mol. The molecule has 0 aromatic heterocycles. The number of rotatable bonds is 6. The van der Waals surface area contributed by atoms with Crippen LogP contribution in [-0.2, 0) is 11.4 Å². The molecule has 0 radical (unpaired) electrons. The summed E-state index contributed by atoms with van der Waals surface area (Å²) in [5, 5.41) is 13.3. The molecular formula is C22H19BrCl2N2O2. The van der Waals surface area contributed by atoms with Gasteiger partial charge in [-0.2, -0.15) is 5.26 Å². The van der Waals surface area contributed by atoms with Gasteiger partial charge < -0.3 is 10.1 Å². The van der Waals surface area contributed by atoms with Crippen LogP contribution in [0.15, 0.2) is 46.4 Å². The molecule has 2 aromatic rings. The third-order valence-corrected chi connectivity index (χ3v) is 6.06. The lowest BCUT2D eigenvalue weighted by Gasteiger charge is -2.11. The molecule has 0 spiro atoms. The molecule has 0 heterocycles. The molecule has 1 aliphatic rings. The van der Waals surface area contributed by atoms with E-state index >= 15 is 0 Å². The van der Waals surface area contributed by atoms with E-state index in [4.69, 9.17) is 27.9 Å². The smallest absolute Gasteiger partial charge is 0.262 e. The Kier molecular flexibility index (Phi) is 7.60. The largest absolute Gasteiger partial charge is 0.488 e. The third kappa shape index (κ3) is 5.99. The fraction of sp³-hybridized carbons (Fsp3) is 0.273. The van der Waals surface area contributed by atoms with E-state index in [0.717, 1.165) is 41.3 Å². The fourth-order valence-electron chi connectivity index (χ4n) is 3.16. The third-order valence-electron chi connectivity index (χ3n) is 4.70. The molecule has 1 aliphatic carbocycles. The molecule has 0 unspecified atom stereocenters. The molecule has 0 bridgehead atoms. The quantitative estimate of drug-likeness (QED) is 0.379. The minimum absolute atomic E-state index is 0.0910. The first-order chi connectivity index (χ1) is 14.0. The molecule has 1 fully saturated rings. The molecule has 2 aromatic carbocycles. The lowest BCUT2D eigenvalue weighted by Crippen LogP contribution is -2.33.